The highest BCUT2D eigenvalue weighted by Gasteiger charge is 2.20. The van der Waals surface area contributed by atoms with Gasteiger partial charge in [-0.15, -0.1) is 0 Å². The number of rotatable bonds is 5. The zero-order valence-corrected chi connectivity index (χ0v) is 13.1. The van der Waals surface area contributed by atoms with E-state index in [0.29, 0.717) is 12.0 Å². The Morgan fingerprint density at radius 3 is 2.52 bits per heavy atom. The van der Waals surface area contributed by atoms with Gasteiger partial charge >= 0.3 is 6.03 Å². The lowest BCUT2D eigenvalue weighted by Gasteiger charge is -2.32. The van der Waals surface area contributed by atoms with Crippen molar-refractivity contribution >= 4 is 6.03 Å². The molecule has 0 radical (unpaired) electrons. The first-order valence-corrected chi connectivity index (χ1v) is 7.94. The molecule has 1 aliphatic heterocycles. The summed E-state index contributed by atoms with van der Waals surface area (Å²) >= 11 is 0. The van der Waals surface area contributed by atoms with Crippen molar-refractivity contribution in [1.82, 2.24) is 15.5 Å². The van der Waals surface area contributed by atoms with E-state index in [2.05, 4.69) is 59.7 Å². The van der Waals surface area contributed by atoms with Gasteiger partial charge in [-0.3, -0.25) is 4.90 Å². The molecule has 4 nitrogen and oxygen atoms in total. The van der Waals surface area contributed by atoms with Crippen LogP contribution in [0.4, 0.5) is 4.79 Å². The molecule has 0 aliphatic carbocycles. The Hall–Kier alpha value is -1.55. The predicted molar refractivity (Wildman–Crippen MR) is 86.1 cm³/mol. The largest absolute Gasteiger partial charge is 0.338 e. The monoisotopic (exact) mass is 289 g/mol. The molecule has 116 valence electrons. The molecule has 2 amide bonds. The van der Waals surface area contributed by atoms with Crippen molar-refractivity contribution in [2.75, 3.05) is 19.6 Å². The van der Waals surface area contributed by atoms with Gasteiger partial charge in [0.05, 0.1) is 0 Å². The van der Waals surface area contributed by atoms with Crippen LogP contribution in [0.5, 0.6) is 0 Å². The van der Waals surface area contributed by atoms with Crippen LogP contribution in [0.1, 0.15) is 32.3 Å². The summed E-state index contributed by atoms with van der Waals surface area (Å²) < 4.78 is 0. The molecule has 1 fully saturated rings. The van der Waals surface area contributed by atoms with E-state index in [1.807, 2.05) is 0 Å². The molecule has 4 heteroatoms. The average molecular weight is 289 g/mol. The van der Waals surface area contributed by atoms with Crippen molar-refractivity contribution < 1.29 is 4.79 Å². The number of likely N-dealkylation sites (tertiary alicyclic amines) is 1. The molecular weight excluding hydrogens is 262 g/mol. The summed E-state index contributed by atoms with van der Waals surface area (Å²) in [7, 11) is 0. The Morgan fingerprint density at radius 2 is 1.90 bits per heavy atom. The molecule has 1 saturated heterocycles. The van der Waals surface area contributed by atoms with E-state index in [-0.39, 0.29) is 6.03 Å². The molecule has 1 aromatic carbocycles. The quantitative estimate of drug-likeness (QED) is 0.875. The lowest BCUT2D eigenvalue weighted by atomic mass is 10.0. The normalized spacial score (nSPS) is 16.9. The maximum atomic E-state index is 11.8. The zero-order valence-electron chi connectivity index (χ0n) is 13.1. The maximum absolute atomic E-state index is 11.8. The highest BCUT2D eigenvalue weighted by molar-refractivity contribution is 5.74. The number of hydrogen-bond donors (Lipinski definition) is 2. The second kappa shape index (κ2) is 8.03. The zero-order chi connectivity index (χ0) is 15.1. The van der Waals surface area contributed by atoms with Crippen molar-refractivity contribution in [2.45, 2.75) is 39.3 Å². The fourth-order valence-corrected chi connectivity index (χ4v) is 2.61. The van der Waals surface area contributed by atoms with E-state index >= 15 is 0 Å². The summed E-state index contributed by atoms with van der Waals surface area (Å²) in [5, 5.41) is 6.00. The van der Waals surface area contributed by atoms with Crippen LogP contribution < -0.4 is 10.6 Å². The van der Waals surface area contributed by atoms with Gasteiger partial charge in [-0.05, 0) is 24.3 Å². The molecular formula is C17H27N3O. The molecule has 1 heterocycles. The minimum absolute atomic E-state index is 0.0230. The number of nitrogens with zero attached hydrogens (tertiary/aromatic N) is 1. The van der Waals surface area contributed by atoms with E-state index in [0.717, 1.165) is 39.0 Å². The molecule has 0 bridgehead atoms. The van der Waals surface area contributed by atoms with Gasteiger partial charge in [-0.2, -0.15) is 0 Å². The summed E-state index contributed by atoms with van der Waals surface area (Å²) in [6.45, 7) is 8.03. The van der Waals surface area contributed by atoms with Crippen molar-refractivity contribution in [2.24, 2.45) is 5.92 Å². The van der Waals surface area contributed by atoms with Gasteiger partial charge in [-0.25, -0.2) is 4.79 Å². The topological polar surface area (TPSA) is 44.4 Å². The van der Waals surface area contributed by atoms with E-state index in [9.17, 15) is 4.79 Å². The summed E-state index contributed by atoms with van der Waals surface area (Å²) in [4.78, 5) is 14.2. The second-order valence-electron chi connectivity index (χ2n) is 6.28. The van der Waals surface area contributed by atoms with Crippen LogP contribution in [0.25, 0.3) is 0 Å². The summed E-state index contributed by atoms with van der Waals surface area (Å²) in [6.07, 6.45) is 2.06. The van der Waals surface area contributed by atoms with Crippen molar-refractivity contribution in [3.05, 3.63) is 35.9 Å². The van der Waals surface area contributed by atoms with Gasteiger partial charge in [-0.1, -0.05) is 44.2 Å². The molecule has 0 spiro atoms. The number of amides is 2. The lowest BCUT2D eigenvalue weighted by Crippen LogP contribution is -2.48. The lowest BCUT2D eigenvalue weighted by molar-refractivity contribution is 0.186. The maximum Gasteiger partial charge on any atom is 0.315 e. The Kier molecular flexibility index (Phi) is 6.05. The van der Waals surface area contributed by atoms with Gasteiger partial charge in [0, 0.05) is 32.2 Å². The average Bonchev–Trinajstić information content (AvgIpc) is 2.48. The summed E-state index contributed by atoms with van der Waals surface area (Å²) in [5.74, 6) is 0.489. The van der Waals surface area contributed by atoms with Gasteiger partial charge in [0.15, 0.2) is 0 Å². The van der Waals surface area contributed by atoms with Crippen LogP contribution in [0.15, 0.2) is 30.3 Å². The van der Waals surface area contributed by atoms with Gasteiger partial charge < -0.3 is 10.6 Å². The first-order chi connectivity index (χ1) is 10.1. The fourth-order valence-electron chi connectivity index (χ4n) is 2.61. The third kappa shape index (κ3) is 5.76. The number of piperidine rings is 1. The van der Waals surface area contributed by atoms with Crippen LogP contribution in [-0.2, 0) is 6.54 Å². The third-order valence-corrected chi connectivity index (χ3v) is 3.84. The van der Waals surface area contributed by atoms with E-state index < -0.39 is 0 Å². The van der Waals surface area contributed by atoms with Crippen LogP contribution in [0.2, 0.25) is 0 Å². The van der Waals surface area contributed by atoms with E-state index in [4.69, 9.17) is 0 Å². The molecule has 0 aromatic heterocycles. The standard InChI is InChI=1S/C17H27N3O/c1-14(2)12-18-17(21)19-16-8-10-20(11-9-16)13-15-6-4-3-5-7-15/h3-7,14,16H,8-13H2,1-2H3,(H2,18,19,21). The van der Waals surface area contributed by atoms with Gasteiger partial charge in [0.1, 0.15) is 0 Å². The number of benzene rings is 1. The Balaban J connectivity index is 1.67. The molecule has 1 aromatic rings. The highest BCUT2D eigenvalue weighted by Crippen LogP contribution is 2.13. The van der Waals surface area contributed by atoms with Gasteiger partial charge in [0.2, 0.25) is 0 Å². The minimum Gasteiger partial charge on any atom is -0.338 e. The first-order valence-electron chi connectivity index (χ1n) is 7.94. The van der Waals surface area contributed by atoms with Crippen LogP contribution in [0, 0.1) is 5.92 Å². The fraction of sp³-hybridized carbons (Fsp3) is 0.588. The number of urea groups is 1. The number of hydrogen-bond acceptors (Lipinski definition) is 2. The molecule has 0 unspecified atom stereocenters. The molecule has 2 N–H and O–H groups in total. The Morgan fingerprint density at radius 1 is 1.24 bits per heavy atom. The van der Waals surface area contributed by atoms with Crippen molar-refractivity contribution in [3.8, 4) is 0 Å². The first kappa shape index (κ1) is 15.8. The predicted octanol–water partition coefficient (Wildman–Crippen LogP) is 2.61. The van der Waals surface area contributed by atoms with Crippen LogP contribution in [-0.4, -0.2) is 36.6 Å². The summed E-state index contributed by atoms with van der Waals surface area (Å²) in [6, 6.07) is 10.9. The molecule has 2 rings (SSSR count). The number of nitrogens with one attached hydrogen (secondary N) is 2. The Bertz CT molecular complexity index is 425. The van der Waals surface area contributed by atoms with E-state index in [1.165, 1.54) is 5.56 Å². The second-order valence-corrected chi connectivity index (χ2v) is 6.28. The SMILES string of the molecule is CC(C)CNC(=O)NC1CCN(Cc2ccccc2)CC1. The van der Waals surface area contributed by atoms with Crippen LogP contribution >= 0.6 is 0 Å². The van der Waals surface area contributed by atoms with Gasteiger partial charge in [0.25, 0.3) is 0 Å². The highest BCUT2D eigenvalue weighted by atomic mass is 16.2. The minimum atomic E-state index is -0.0230. The van der Waals surface area contributed by atoms with E-state index in [1.54, 1.807) is 0 Å². The number of carbonyl (C=O) groups is 1. The molecule has 0 atom stereocenters. The Labute approximate surface area is 127 Å². The van der Waals surface area contributed by atoms with Crippen LogP contribution in [0.3, 0.4) is 0 Å². The van der Waals surface area contributed by atoms with Crippen molar-refractivity contribution in [3.63, 3.8) is 0 Å². The third-order valence-electron chi connectivity index (χ3n) is 3.84. The smallest absolute Gasteiger partial charge is 0.315 e. The number of carbonyl (C=O) groups excluding carboxylic acids is 1. The van der Waals surface area contributed by atoms with Crippen molar-refractivity contribution in [1.29, 1.82) is 0 Å². The molecule has 1 aliphatic rings. The molecule has 21 heavy (non-hydrogen) atoms. The molecule has 0 saturated carbocycles. The summed E-state index contributed by atoms with van der Waals surface area (Å²) in [5.41, 5.74) is 1.36.